The van der Waals surface area contributed by atoms with Crippen LogP contribution in [0.2, 0.25) is 5.02 Å². The van der Waals surface area contributed by atoms with E-state index >= 15 is 0 Å². The molecule has 2 heterocycles. The van der Waals surface area contributed by atoms with E-state index in [0.717, 1.165) is 12.1 Å². The van der Waals surface area contributed by atoms with Gasteiger partial charge in [-0.1, -0.05) is 11.6 Å². The summed E-state index contributed by atoms with van der Waals surface area (Å²) in [6, 6.07) is 6.21. The fourth-order valence-electron chi connectivity index (χ4n) is 2.58. The largest absolute Gasteiger partial charge is 0.433 e. The third kappa shape index (κ3) is 4.95. The van der Waals surface area contributed by atoms with Crippen LogP contribution in [0.5, 0.6) is 0 Å². The van der Waals surface area contributed by atoms with Crippen LogP contribution in [-0.4, -0.2) is 32.0 Å². The molecule has 0 bridgehead atoms. The van der Waals surface area contributed by atoms with E-state index in [4.69, 9.17) is 16.8 Å². The van der Waals surface area contributed by atoms with Gasteiger partial charge < -0.3 is 5.32 Å². The highest BCUT2D eigenvalue weighted by molar-refractivity contribution is 6.33. The number of anilines is 1. The molecule has 0 radical (unpaired) electrons. The summed E-state index contributed by atoms with van der Waals surface area (Å²) in [7, 11) is 0. The number of halogens is 4. The van der Waals surface area contributed by atoms with Gasteiger partial charge >= 0.3 is 6.18 Å². The number of aryl methyl sites for hydroxylation is 1. The molecule has 0 fully saturated rings. The summed E-state index contributed by atoms with van der Waals surface area (Å²) in [5, 5.41) is 11.4. The fraction of sp³-hybridized carbons (Fsp3) is 0.105. The summed E-state index contributed by atoms with van der Waals surface area (Å²) in [5.74, 6) is -1.31. The van der Waals surface area contributed by atoms with Crippen LogP contribution in [0.3, 0.4) is 0 Å². The number of carbonyl (C=O) groups is 2. The molecule has 8 nitrogen and oxygen atoms in total. The molecule has 0 saturated carbocycles. The molecule has 1 aromatic carbocycles. The summed E-state index contributed by atoms with van der Waals surface area (Å²) in [5.41, 5.74) is 0.878. The van der Waals surface area contributed by atoms with Crippen LogP contribution in [0.15, 0.2) is 42.7 Å². The second-order valence-corrected chi connectivity index (χ2v) is 6.62. The van der Waals surface area contributed by atoms with Gasteiger partial charge in [0.25, 0.3) is 11.8 Å². The maximum atomic E-state index is 12.8. The van der Waals surface area contributed by atoms with Crippen molar-refractivity contribution >= 4 is 29.1 Å². The van der Waals surface area contributed by atoms with Crippen LogP contribution < -0.4 is 10.8 Å². The Morgan fingerprint density at radius 2 is 1.74 bits per heavy atom. The van der Waals surface area contributed by atoms with Gasteiger partial charge in [0.2, 0.25) is 0 Å². The number of rotatable bonds is 4. The molecule has 0 aliphatic rings. The van der Waals surface area contributed by atoms with Gasteiger partial charge in [0, 0.05) is 23.6 Å². The minimum Gasteiger partial charge on any atom is -0.322 e. The van der Waals surface area contributed by atoms with Gasteiger partial charge in [0.15, 0.2) is 5.82 Å². The Morgan fingerprint density at radius 1 is 1.06 bits per heavy atom. The maximum absolute atomic E-state index is 12.8. The molecule has 0 aliphatic heterocycles. The van der Waals surface area contributed by atoms with E-state index < -0.39 is 23.7 Å². The van der Waals surface area contributed by atoms with Crippen molar-refractivity contribution in [2.24, 2.45) is 0 Å². The quantitative estimate of drug-likeness (QED) is 0.409. The van der Waals surface area contributed by atoms with Crippen molar-refractivity contribution in [1.29, 1.82) is 0 Å². The van der Waals surface area contributed by atoms with Crippen LogP contribution in [0.25, 0.3) is 11.4 Å². The number of hydroxylamine groups is 1. The lowest BCUT2D eigenvalue weighted by Gasteiger charge is -2.12. The van der Waals surface area contributed by atoms with E-state index in [2.05, 4.69) is 20.3 Å². The first-order chi connectivity index (χ1) is 14.6. The smallest absolute Gasteiger partial charge is 0.322 e. The highest BCUT2D eigenvalue weighted by Gasteiger charge is 2.33. The monoisotopic (exact) mass is 451 g/mol. The molecular formula is C19H13ClF3N5O3. The first-order valence-corrected chi connectivity index (χ1v) is 8.90. The third-order valence-electron chi connectivity index (χ3n) is 4.10. The molecule has 3 N–H and O–H groups in total. The number of amides is 2. The van der Waals surface area contributed by atoms with Crippen molar-refractivity contribution in [3.05, 3.63) is 70.3 Å². The minimum absolute atomic E-state index is 0.0112. The molecule has 3 aromatic rings. The third-order valence-corrected chi connectivity index (χ3v) is 4.43. The van der Waals surface area contributed by atoms with Crippen molar-refractivity contribution in [3.8, 4) is 11.4 Å². The number of nitrogens with one attached hydrogen (secondary N) is 2. The van der Waals surface area contributed by atoms with Crippen molar-refractivity contribution in [2.75, 3.05) is 5.32 Å². The van der Waals surface area contributed by atoms with Gasteiger partial charge in [-0.25, -0.2) is 20.4 Å². The number of pyridine rings is 1. The first-order valence-electron chi connectivity index (χ1n) is 8.52. The van der Waals surface area contributed by atoms with Crippen LogP contribution in [0.1, 0.15) is 32.1 Å². The Kier molecular flexibility index (Phi) is 6.18. The number of carbonyl (C=O) groups excluding carboxylic acids is 2. The molecule has 0 spiro atoms. The van der Waals surface area contributed by atoms with E-state index in [0.29, 0.717) is 5.56 Å². The molecule has 0 unspecified atom stereocenters. The Bertz CT molecular complexity index is 1150. The number of nitrogens with zero attached hydrogens (tertiary/aromatic N) is 3. The van der Waals surface area contributed by atoms with E-state index in [1.54, 1.807) is 0 Å². The summed E-state index contributed by atoms with van der Waals surface area (Å²) >= 11 is 6.17. The second-order valence-electron chi connectivity index (χ2n) is 6.21. The number of alkyl halides is 3. The summed E-state index contributed by atoms with van der Waals surface area (Å²) in [4.78, 5) is 35.3. The second kappa shape index (κ2) is 8.66. The average molecular weight is 452 g/mol. The van der Waals surface area contributed by atoms with Crippen molar-refractivity contribution < 1.29 is 28.0 Å². The zero-order valence-electron chi connectivity index (χ0n) is 15.7. The van der Waals surface area contributed by atoms with E-state index in [1.165, 1.54) is 43.0 Å². The SMILES string of the molecule is Cc1nc(C(F)(F)F)ccc1C(=O)Nc1ccc(Cl)c(-c2ncc(C(=O)NO)cn2)c1. The zero-order chi connectivity index (χ0) is 22.8. The number of benzene rings is 1. The summed E-state index contributed by atoms with van der Waals surface area (Å²) in [6.45, 7) is 1.30. The van der Waals surface area contributed by atoms with Gasteiger partial charge in [-0.15, -0.1) is 0 Å². The summed E-state index contributed by atoms with van der Waals surface area (Å²) < 4.78 is 38.3. The van der Waals surface area contributed by atoms with E-state index in [1.807, 2.05) is 0 Å². The Hall–Kier alpha value is -3.57. The van der Waals surface area contributed by atoms with Gasteiger partial charge in [-0.05, 0) is 37.3 Å². The lowest BCUT2D eigenvalue weighted by Crippen LogP contribution is -2.19. The summed E-state index contributed by atoms with van der Waals surface area (Å²) in [6.07, 6.45) is -2.27. The zero-order valence-corrected chi connectivity index (χ0v) is 16.4. The maximum Gasteiger partial charge on any atom is 0.433 e. The molecular weight excluding hydrogens is 439 g/mol. The molecule has 160 valence electrons. The lowest BCUT2D eigenvalue weighted by atomic mass is 10.1. The predicted molar refractivity (Wildman–Crippen MR) is 104 cm³/mol. The van der Waals surface area contributed by atoms with Gasteiger partial charge in [-0.3, -0.25) is 14.8 Å². The Balaban J connectivity index is 1.85. The van der Waals surface area contributed by atoms with Crippen LogP contribution in [0.4, 0.5) is 18.9 Å². The average Bonchev–Trinajstić information content (AvgIpc) is 2.73. The number of hydrogen-bond donors (Lipinski definition) is 3. The normalized spacial score (nSPS) is 11.2. The number of hydrogen-bond acceptors (Lipinski definition) is 6. The van der Waals surface area contributed by atoms with E-state index in [9.17, 15) is 22.8 Å². The van der Waals surface area contributed by atoms with Crippen LogP contribution in [0, 0.1) is 6.92 Å². The molecule has 3 rings (SSSR count). The molecule has 0 atom stereocenters. The predicted octanol–water partition coefficient (Wildman–Crippen LogP) is 3.89. The molecule has 2 amide bonds. The highest BCUT2D eigenvalue weighted by Crippen LogP contribution is 2.30. The van der Waals surface area contributed by atoms with Gasteiger partial charge in [0.05, 0.1) is 21.8 Å². The lowest BCUT2D eigenvalue weighted by molar-refractivity contribution is -0.141. The van der Waals surface area contributed by atoms with Gasteiger partial charge in [0.1, 0.15) is 5.69 Å². The Labute approximate surface area is 178 Å². The minimum atomic E-state index is -4.61. The van der Waals surface area contributed by atoms with Crippen molar-refractivity contribution in [2.45, 2.75) is 13.1 Å². The van der Waals surface area contributed by atoms with Crippen molar-refractivity contribution in [3.63, 3.8) is 0 Å². The Morgan fingerprint density at radius 3 is 2.32 bits per heavy atom. The molecule has 0 saturated heterocycles. The first kappa shape index (κ1) is 22.1. The van der Waals surface area contributed by atoms with E-state index in [-0.39, 0.29) is 33.4 Å². The molecule has 31 heavy (non-hydrogen) atoms. The topological polar surface area (TPSA) is 117 Å². The molecule has 0 aliphatic carbocycles. The highest BCUT2D eigenvalue weighted by atomic mass is 35.5. The van der Waals surface area contributed by atoms with Crippen molar-refractivity contribution in [1.82, 2.24) is 20.4 Å². The fourth-order valence-corrected chi connectivity index (χ4v) is 2.78. The molecule has 2 aromatic heterocycles. The standard InChI is InChI=1S/C19H13ClF3N5O3/c1-9-12(3-5-15(26-9)19(21,22)23)18(30)27-11-2-4-14(20)13(6-11)16-24-7-10(8-25-16)17(29)28-31/h2-8,31H,1H3,(H,27,30)(H,28,29). The molecule has 12 heteroatoms. The number of aromatic nitrogens is 3. The van der Waals surface area contributed by atoms with Crippen LogP contribution in [-0.2, 0) is 6.18 Å². The van der Waals surface area contributed by atoms with Gasteiger partial charge in [-0.2, -0.15) is 13.2 Å². The van der Waals surface area contributed by atoms with Crippen LogP contribution >= 0.6 is 11.6 Å².